The monoisotopic (exact) mass is 237 g/mol. The molecule has 0 spiro atoms. The molecule has 0 fully saturated rings. The van der Waals surface area contributed by atoms with Crippen molar-refractivity contribution in [2.45, 2.75) is 19.9 Å². The van der Waals surface area contributed by atoms with E-state index in [0.29, 0.717) is 12.1 Å². The lowest BCUT2D eigenvalue weighted by Gasteiger charge is -2.10. The Morgan fingerprint density at radius 3 is 2.83 bits per heavy atom. The number of hydrogen-bond acceptors (Lipinski definition) is 3. The molecule has 0 saturated carbocycles. The zero-order valence-corrected chi connectivity index (χ0v) is 10.4. The van der Waals surface area contributed by atoms with Gasteiger partial charge >= 0.3 is 0 Å². The van der Waals surface area contributed by atoms with Gasteiger partial charge in [-0.25, -0.2) is 0 Å². The normalized spacial score (nSPS) is 9.78. The van der Waals surface area contributed by atoms with Gasteiger partial charge in [0.1, 0.15) is 6.07 Å². The van der Waals surface area contributed by atoms with E-state index in [-0.39, 0.29) is 0 Å². The van der Waals surface area contributed by atoms with Crippen molar-refractivity contribution in [1.29, 1.82) is 5.26 Å². The van der Waals surface area contributed by atoms with Gasteiger partial charge in [0.15, 0.2) is 0 Å². The predicted octanol–water partition coefficient (Wildman–Crippen LogP) is 3.13. The van der Waals surface area contributed by atoms with Crippen molar-refractivity contribution < 1.29 is 0 Å². The Labute approximate surface area is 107 Å². The van der Waals surface area contributed by atoms with E-state index in [1.807, 2.05) is 30.3 Å². The van der Waals surface area contributed by atoms with Gasteiger partial charge in [0.25, 0.3) is 0 Å². The van der Waals surface area contributed by atoms with Gasteiger partial charge in [-0.05, 0) is 30.2 Å². The predicted molar refractivity (Wildman–Crippen MR) is 72.1 cm³/mol. The van der Waals surface area contributed by atoms with Crippen molar-refractivity contribution in [2.75, 3.05) is 5.32 Å². The summed E-state index contributed by atoms with van der Waals surface area (Å²) in [4.78, 5) is 4.37. The lowest BCUT2D eigenvalue weighted by atomic mass is 10.1. The third-order valence-corrected chi connectivity index (χ3v) is 2.86. The van der Waals surface area contributed by atoms with Gasteiger partial charge in [-0.1, -0.05) is 25.1 Å². The van der Waals surface area contributed by atoms with Crippen LogP contribution in [0.2, 0.25) is 0 Å². The van der Waals surface area contributed by atoms with Gasteiger partial charge in [0.2, 0.25) is 0 Å². The Morgan fingerprint density at radius 2 is 2.06 bits per heavy atom. The first-order chi connectivity index (χ1) is 8.85. The Morgan fingerprint density at radius 1 is 1.22 bits per heavy atom. The topological polar surface area (TPSA) is 48.7 Å². The minimum absolute atomic E-state index is 0.642. The summed E-state index contributed by atoms with van der Waals surface area (Å²) in [5.41, 5.74) is 3.78. The smallest absolute Gasteiger partial charge is 0.101 e. The summed E-state index contributed by atoms with van der Waals surface area (Å²) >= 11 is 0. The van der Waals surface area contributed by atoms with Gasteiger partial charge in [-0.15, -0.1) is 0 Å². The van der Waals surface area contributed by atoms with Crippen LogP contribution in [0.5, 0.6) is 0 Å². The second-order valence-electron chi connectivity index (χ2n) is 3.97. The maximum Gasteiger partial charge on any atom is 0.101 e. The molecule has 90 valence electrons. The number of pyridine rings is 1. The maximum absolute atomic E-state index is 9.01. The molecule has 0 radical (unpaired) electrons. The van der Waals surface area contributed by atoms with Crippen molar-refractivity contribution in [3.05, 3.63) is 59.4 Å². The van der Waals surface area contributed by atoms with Crippen LogP contribution in [0.4, 0.5) is 5.69 Å². The van der Waals surface area contributed by atoms with Gasteiger partial charge in [0, 0.05) is 6.20 Å². The number of aryl methyl sites for hydroxylation is 1. The van der Waals surface area contributed by atoms with Gasteiger partial charge in [-0.2, -0.15) is 5.26 Å². The van der Waals surface area contributed by atoms with Crippen LogP contribution in [0.1, 0.15) is 23.7 Å². The highest BCUT2D eigenvalue weighted by Gasteiger charge is 2.03. The molecule has 0 aliphatic rings. The van der Waals surface area contributed by atoms with Crippen molar-refractivity contribution >= 4 is 5.69 Å². The molecule has 0 unspecified atom stereocenters. The van der Waals surface area contributed by atoms with E-state index < -0.39 is 0 Å². The Balaban J connectivity index is 2.14. The molecule has 1 aromatic carbocycles. The number of hydrogen-bond donors (Lipinski definition) is 1. The van der Waals surface area contributed by atoms with E-state index in [0.717, 1.165) is 17.8 Å². The summed E-state index contributed by atoms with van der Waals surface area (Å²) in [7, 11) is 0. The second kappa shape index (κ2) is 5.83. The van der Waals surface area contributed by atoms with E-state index in [2.05, 4.69) is 29.4 Å². The van der Waals surface area contributed by atoms with Crippen molar-refractivity contribution in [3.8, 4) is 6.07 Å². The van der Waals surface area contributed by atoms with Crippen molar-refractivity contribution in [3.63, 3.8) is 0 Å². The standard InChI is InChI=1S/C15H15N3/c1-2-12-7-5-9-17-15(12)11-18-14-8-4-3-6-13(14)10-16/h3-9,18H,2,11H2,1H3. The number of nitrogens with one attached hydrogen (secondary N) is 1. The van der Waals surface area contributed by atoms with Crippen LogP contribution in [0.15, 0.2) is 42.6 Å². The fraction of sp³-hybridized carbons (Fsp3) is 0.200. The van der Waals surface area contributed by atoms with Crippen LogP contribution in [-0.4, -0.2) is 4.98 Å². The van der Waals surface area contributed by atoms with E-state index in [9.17, 15) is 0 Å². The van der Waals surface area contributed by atoms with Crippen LogP contribution < -0.4 is 5.32 Å². The number of para-hydroxylation sites is 1. The summed E-state index contributed by atoms with van der Waals surface area (Å²) in [5, 5.41) is 12.3. The lowest BCUT2D eigenvalue weighted by Crippen LogP contribution is -2.05. The van der Waals surface area contributed by atoms with Gasteiger partial charge < -0.3 is 5.32 Å². The molecule has 1 heterocycles. The lowest BCUT2D eigenvalue weighted by molar-refractivity contribution is 0.971. The summed E-state index contributed by atoms with van der Waals surface area (Å²) < 4.78 is 0. The molecular formula is C15H15N3. The average Bonchev–Trinajstić information content (AvgIpc) is 2.45. The quantitative estimate of drug-likeness (QED) is 0.888. The van der Waals surface area contributed by atoms with E-state index >= 15 is 0 Å². The fourth-order valence-electron chi connectivity index (χ4n) is 1.87. The number of nitrogens with zero attached hydrogens (tertiary/aromatic N) is 2. The molecule has 0 saturated heterocycles. The summed E-state index contributed by atoms with van der Waals surface area (Å²) in [6.07, 6.45) is 2.76. The molecule has 18 heavy (non-hydrogen) atoms. The fourth-order valence-corrected chi connectivity index (χ4v) is 1.87. The maximum atomic E-state index is 9.01. The first kappa shape index (κ1) is 12.1. The summed E-state index contributed by atoms with van der Waals surface area (Å²) in [5.74, 6) is 0. The molecule has 0 aliphatic heterocycles. The Kier molecular flexibility index (Phi) is 3.93. The number of aromatic nitrogens is 1. The van der Waals surface area contributed by atoms with Crippen LogP contribution in [0.3, 0.4) is 0 Å². The first-order valence-corrected chi connectivity index (χ1v) is 6.01. The number of anilines is 1. The Bertz CT molecular complexity index is 570. The molecule has 1 N–H and O–H groups in total. The average molecular weight is 237 g/mol. The van der Waals surface area contributed by atoms with Gasteiger partial charge in [-0.3, -0.25) is 4.98 Å². The molecule has 2 rings (SSSR count). The SMILES string of the molecule is CCc1cccnc1CNc1ccccc1C#N. The molecule has 3 nitrogen and oxygen atoms in total. The minimum Gasteiger partial charge on any atom is -0.378 e. The third-order valence-electron chi connectivity index (χ3n) is 2.86. The molecule has 0 bridgehead atoms. The summed E-state index contributed by atoms with van der Waals surface area (Å²) in [6, 6.07) is 13.7. The molecule has 2 aromatic rings. The second-order valence-corrected chi connectivity index (χ2v) is 3.97. The number of benzene rings is 1. The van der Waals surface area contributed by atoms with Crippen molar-refractivity contribution in [1.82, 2.24) is 4.98 Å². The highest BCUT2D eigenvalue weighted by atomic mass is 14.9. The molecule has 0 amide bonds. The molecule has 0 aliphatic carbocycles. The molecule has 0 atom stereocenters. The molecular weight excluding hydrogens is 222 g/mol. The first-order valence-electron chi connectivity index (χ1n) is 6.01. The highest BCUT2D eigenvalue weighted by molar-refractivity contribution is 5.57. The van der Waals surface area contributed by atoms with Crippen LogP contribution >= 0.6 is 0 Å². The van der Waals surface area contributed by atoms with Crippen LogP contribution in [0.25, 0.3) is 0 Å². The number of rotatable bonds is 4. The van der Waals surface area contributed by atoms with E-state index in [1.165, 1.54) is 5.56 Å². The van der Waals surface area contributed by atoms with E-state index in [4.69, 9.17) is 5.26 Å². The minimum atomic E-state index is 0.642. The number of nitriles is 1. The third kappa shape index (κ3) is 2.67. The van der Waals surface area contributed by atoms with Crippen LogP contribution in [0, 0.1) is 11.3 Å². The molecule has 1 aromatic heterocycles. The Hall–Kier alpha value is -2.34. The largest absolute Gasteiger partial charge is 0.378 e. The molecule has 3 heteroatoms. The summed E-state index contributed by atoms with van der Waals surface area (Å²) in [6.45, 7) is 2.76. The zero-order valence-electron chi connectivity index (χ0n) is 10.4. The highest BCUT2D eigenvalue weighted by Crippen LogP contribution is 2.15. The van der Waals surface area contributed by atoms with Gasteiger partial charge in [0.05, 0.1) is 23.5 Å². The zero-order chi connectivity index (χ0) is 12.8. The van der Waals surface area contributed by atoms with Crippen LogP contribution in [-0.2, 0) is 13.0 Å². The van der Waals surface area contributed by atoms with Crippen molar-refractivity contribution in [2.24, 2.45) is 0 Å². The van der Waals surface area contributed by atoms with E-state index in [1.54, 1.807) is 6.20 Å².